The number of fused-ring (bicyclic) bond motifs is 1. The molecule has 0 bridgehead atoms. The smallest absolute Gasteiger partial charge is 0.354 e. The van der Waals surface area contributed by atoms with Gasteiger partial charge in [0.15, 0.2) is 0 Å². The van der Waals surface area contributed by atoms with Gasteiger partial charge in [-0.15, -0.1) is 0 Å². The molecule has 0 aliphatic heterocycles. The second-order valence-corrected chi connectivity index (χ2v) is 8.94. The topological polar surface area (TPSA) is 63.5 Å². The molecule has 1 aliphatic carbocycles. The van der Waals surface area contributed by atoms with Crippen LogP contribution < -0.4 is 5.32 Å². The minimum atomic E-state index is -0.610. The third-order valence-corrected chi connectivity index (χ3v) is 6.28. The summed E-state index contributed by atoms with van der Waals surface area (Å²) >= 11 is 6.02. The lowest BCUT2D eigenvalue weighted by molar-refractivity contribution is 0.0588. The number of aliphatic hydroxyl groups excluding tert-OH is 1. The first kappa shape index (κ1) is 21.9. The molecule has 1 heterocycles. The average Bonchev–Trinajstić information content (AvgIpc) is 3.56. The molecule has 5 nitrogen and oxygen atoms in total. The zero-order valence-corrected chi connectivity index (χ0v) is 18.9. The lowest BCUT2D eigenvalue weighted by Gasteiger charge is -2.18. The van der Waals surface area contributed by atoms with Gasteiger partial charge in [-0.05, 0) is 74.1 Å². The second kappa shape index (κ2) is 9.03. The Morgan fingerprint density at radius 2 is 2.06 bits per heavy atom. The molecule has 0 saturated heterocycles. The molecule has 2 N–H and O–H groups in total. The van der Waals surface area contributed by atoms with Gasteiger partial charge in [0.25, 0.3) is 0 Å². The van der Waals surface area contributed by atoms with Crippen molar-refractivity contribution in [1.82, 2.24) is 9.88 Å². The highest BCUT2D eigenvalue weighted by atomic mass is 35.5. The molecule has 1 aliphatic rings. The molecule has 4 rings (SSSR count). The number of benzene rings is 2. The summed E-state index contributed by atoms with van der Waals surface area (Å²) in [6.45, 7) is 4.56. The van der Waals surface area contributed by atoms with Gasteiger partial charge in [0.05, 0.1) is 13.2 Å². The van der Waals surface area contributed by atoms with Gasteiger partial charge in [-0.2, -0.15) is 0 Å². The number of aryl methyl sites for hydroxylation is 1. The molecule has 0 radical (unpaired) electrons. The number of ether oxygens (including phenoxy) is 1. The van der Waals surface area contributed by atoms with E-state index in [1.165, 1.54) is 12.7 Å². The monoisotopic (exact) mass is 440 g/mol. The van der Waals surface area contributed by atoms with Crippen molar-refractivity contribution >= 4 is 28.5 Å². The molecule has 2 atom stereocenters. The number of nitrogens with one attached hydrogen (secondary N) is 1. The zero-order chi connectivity index (χ0) is 22.1. The van der Waals surface area contributed by atoms with Gasteiger partial charge in [-0.3, -0.25) is 0 Å². The van der Waals surface area contributed by atoms with E-state index in [1.807, 2.05) is 19.1 Å². The maximum atomic E-state index is 12.4. The number of carbonyl (C=O) groups excluding carboxylic acids is 1. The summed E-state index contributed by atoms with van der Waals surface area (Å²) < 4.78 is 7.21. The maximum absolute atomic E-state index is 12.4. The molecule has 164 valence electrons. The van der Waals surface area contributed by atoms with Crippen molar-refractivity contribution in [2.75, 3.05) is 13.7 Å². The third kappa shape index (κ3) is 4.64. The number of halogens is 1. The number of methoxy groups -OCH3 is 1. The van der Waals surface area contributed by atoms with Crippen LogP contribution in [0, 0.1) is 6.92 Å². The summed E-state index contributed by atoms with van der Waals surface area (Å²) in [6, 6.07) is 14.3. The number of hydrogen-bond acceptors (Lipinski definition) is 4. The van der Waals surface area contributed by atoms with E-state index in [9.17, 15) is 9.90 Å². The Kier molecular flexibility index (Phi) is 6.37. The number of carbonyl (C=O) groups is 1. The summed E-state index contributed by atoms with van der Waals surface area (Å²) in [6.07, 6.45) is 2.41. The fourth-order valence-electron chi connectivity index (χ4n) is 4.28. The molecule has 31 heavy (non-hydrogen) atoms. The van der Waals surface area contributed by atoms with Gasteiger partial charge in [0, 0.05) is 34.6 Å². The Morgan fingerprint density at radius 3 is 2.74 bits per heavy atom. The van der Waals surface area contributed by atoms with Crippen LogP contribution >= 0.6 is 11.6 Å². The summed E-state index contributed by atoms with van der Waals surface area (Å²) in [5.74, 6) is -0.271. The van der Waals surface area contributed by atoms with Gasteiger partial charge in [-0.1, -0.05) is 29.8 Å². The quantitative estimate of drug-likeness (QED) is 0.485. The van der Waals surface area contributed by atoms with E-state index in [2.05, 4.69) is 35.0 Å². The van der Waals surface area contributed by atoms with Gasteiger partial charge < -0.3 is 19.7 Å². The Morgan fingerprint density at radius 1 is 1.29 bits per heavy atom. The Labute approximate surface area is 188 Å². The Bertz CT molecular complexity index is 1100. The predicted octanol–water partition coefficient (Wildman–Crippen LogP) is 4.98. The van der Waals surface area contributed by atoms with E-state index >= 15 is 0 Å². The van der Waals surface area contributed by atoms with E-state index in [0.29, 0.717) is 23.3 Å². The van der Waals surface area contributed by atoms with Crippen molar-refractivity contribution in [3.05, 3.63) is 69.9 Å². The van der Waals surface area contributed by atoms with E-state index < -0.39 is 6.10 Å². The van der Waals surface area contributed by atoms with Crippen LogP contribution in [0.3, 0.4) is 0 Å². The molecule has 1 aromatic heterocycles. The molecule has 3 aromatic rings. The fraction of sp³-hybridized carbons (Fsp3) is 0.400. The van der Waals surface area contributed by atoms with E-state index in [-0.39, 0.29) is 12.0 Å². The molecule has 0 spiro atoms. The molecular formula is C25H29ClN2O3. The van der Waals surface area contributed by atoms with Crippen LogP contribution in [0.25, 0.3) is 10.9 Å². The van der Waals surface area contributed by atoms with Crippen molar-refractivity contribution in [3.63, 3.8) is 0 Å². The van der Waals surface area contributed by atoms with Crippen LogP contribution in [0.2, 0.25) is 5.02 Å². The van der Waals surface area contributed by atoms with E-state index in [4.69, 9.17) is 16.3 Å². The SMILES string of the molecule is COC(=O)c1c(C)c2cc(C[C@@H](C)NC[C@H](O)c3cccc(Cl)c3)ccc2n1C1CC1. The lowest BCUT2D eigenvalue weighted by Crippen LogP contribution is -2.32. The molecule has 1 fully saturated rings. The van der Waals surface area contributed by atoms with Gasteiger partial charge in [0.2, 0.25) is 0 Å². The van der Waals surface area contributed by atoms with Crippen molar-refractivity contribution in [1.29, 1.82) is 0 Å². The molecule has 1 saturated carbocycles. The van der Waals surface area contributed by atoms with Crippen LogP contribution in [0.4, 0.5) is 0 Å². The zero-order valence-electron chi connectivity index (χ0n) is 18.2. The molecule has 6 heteroatoms. The Balaban J connectivity index is 1.48. The first-order valence-corrected chi connectivity index (χ1v) is 11.2. The number of hydrogen-bond donors (Lipinski definition) is 2. The van der Waals surface area contributed by atoms with Crippen LogP contribution in [-0.2, 0) is 11.2 Å². The fourth-order valence-corrected chi connectivity index (χ4v) is 4.48. The average molecular weight is 441 g/mol. The van der Waals surface area contributed by atoms with Crippen LogP contribution in [0.15, 0.2) is 42.5 Å². The number of nitrogens with zero attached hydrogens (tertiary/aromatic N) is 1. The largest absolute Gasteiger partial charge is 0.464 e. The van der Waals surface area contributed by atoms with Gasteiger partial charge in [-0.25, -0.2) is 4.79 Å². The van der Waals surface area contributed by atoms with Crippen molar-refractivity contribution in [3.8, 4) is 0 Å². The first-order chi connectivity index (χ1) is 14.9. The number of rotatable bonds is 8. The summed E-state index contributed by atoms with van der Waals surface area (Å²) in [4.78, 5) is 12.4. The molecular weight excluding hydrogens is 412 g/mol. The summed E-state index contributed by atoms with van der Waals surface area (Å²) in [5, 5.41) is 15.6. The standard InChI is InChI=1S/C25H29ClN2O3/c1-15(27-14-23(29)18-5-4-6-19(26)13-18)11-17-7-10-22-21(12-17)16(2)24(25(30)31-3)28(22)20-8-9-20/h4-7,10,12-13,15,20,23,27,29H,8-9,11,14H2,1-3H3/t15-,23+/m1/s1. The van der Waals surface area contributed by atoms with Gasteiger partial charge >= 0.3 is 5.97 Å². The Hall–Kier alpha value is -2.34. The molecule has 2 aromatic carbocycles. The van der Waals surface area contributed by atoms with E-state index in [1.54, 1.807) is 12.1 Å². The molecule has 0 unspecified atom stereocenters. The lowest BCUT2D eigenvalue weighted by atomic mass is 10.0. The summed E-state index contributed by atoms with van der Waals surface area (Å²) in [5.41, 5.74) is 4.75. The van der Waals surface area contributed by atoms with E-state index in [0.717, 1.165) is 41.3 Å². The highest BCUT2D eigenvalue weighted by molar-refractivity contribution is 6.30. The van der Waals surface area contributed by atoms with Crippen LogP contribution in [-0.4, -0.2) is 35.3 Å². The minimum absolute atomic E-state index is 0.178. The van der Waals surface area contributed by atoms with Crippen LogP contribution in [0.5, 0.6) is 0 Å². The van der Waals surface area contributed by atoms with Crippen molar-refractivity contribution < 1.29 is 14.6 Å². The number of esters is 1. The summed E-state index contributed by atoms with van der Waals surface area (Å²) in [7, 11) is 1.44. The predicted molar refractivity (Wildman–Crippen MR) is 124 cm³/mol. The minimum Gasteiger partial charge on any atom is -0.464 e. The maximum Gasteiger partial charge on any atom is 0.354 e. The number of aromatic nitrogens is 1. The molecule has 0 amide bonds. The first-order valence-electron chi connectivity index (χ1n) is 10.8. The second-order valence-electron chi connectivity index (χ2n) is 8.50. The number of aliphatic hydroxyl groups is 1. The normalized spacial score (nSPS) is 15.8. The van der Waals surface area contributed by atoms with Gasteiger partial charge in [0.1, 0.15) is 5.69 Å². The third-order valence-electron chi connectivity index (χ3n) is 6.05. The highest BCUT2D eigenvalue weighted by Crippen LogP contribution is 2.41. The van der Waals surface area contributed by atoms with Crippen molar-refractivity contribution in [2.24, 2.45) is 0 Å². The van der Waals surface area contributed by atoms with Crippen LogP contribution in [0.1, 0.15) is 59.1 Å². The highest BCUT2D eigenvalue weighted by Gasteiger charge is 2.31. The van der Waals surface area contributed by atoms with Crippen molar-refractivity contribution in [2.45, 2.75) is 51.3 Å².